The van der Waals surface area contributed by atoms with E-state index >= 15 is 0 Å². The first-order chi connectivity index (χ1) is 12.0. The van der Waals surface area contributed by atoms with Crippen LogP contribution in [0.15, 0.2) is 48.6 Å². The highest BCUT2D eigenvalue weighted by Crippen LogP contribution is 2.01. The maximum Gasteiger partial charge on any atom is 0.123 e. The first-order valence-corrected chi connectivity index (χ1v) is 7.62. The molecule has 0 radical (unpaired) electrons. The third-order valence-electron chi connectivity index (χ3n) is 2.88. The van der Waals surface area contributed by atoms with Crippen molar-refractivity contribution in [3.63, 3.8) is 0 Å². The van der Waals surface area contributed by atoms with Gasteiger partial charge in [0, 0.05) is 18.0 Å². The topological polar surface area (TPSA) is 80.6 Å². The SMILES string of the molecule is O=C([O-])CC[C@H](O)C#C/C=C/C=C/[C@H](O)CC#Cc1ccc(F)cc1. The van der Waals surface area contributed by atoms with Crippen LogP contribution in [0.4, 0.5) is 4.39 Å². The number of aliphatic hydroxyl groups excluding tert-OH is 2. The number of carbonyl (C=O) groups excluding carboxylic acids is 1. The second-order valence-corrected chi connectivity index (χ2v) is 5.04. The van der Waals surface area contributed by atoms with Gasteiger partial charge in [0.15, 0.2) is 0 Å². The summed E-state index contributed by atoms with van der Waals surface area (Å²) in [6.07, 6.45) is 4.41. The molecule has 0 bridgehead atoms. The van der Waals surface area contributed by atoms with Crippen molar-refractivity contribution in [1.82, 2.24) is 0 Å². The van der Waals surface area contributed by atoms with E-state index in [9.17, 15) is 24.5 Å². The van der Waals surface area contributed by atoms with E-state index in [0.717, 1.165) is 0 Å². The van der Waals surface area contributed by atoms with Gasteiger partial charge in [0.05, 0.1) is 6.10 Å². The van der Waals surface area contributed by atoms with Crippen LogP contribution in [0.3, 0.4) is 0 Å². The Kier molecular flexibility index (Phi) is 9.40. The number of carboxylic acid groups (broad SMARTS) is 1. The molecule has 0 unspecified atom stereocenters. The summed E-state index contributed by atoms with van der Waals surface area (Å²) in [6, 6.07) is 5.77. The van der Waals surface area contributed by atoms with Crippen LogP contribution < -0.4 is 5.11 Å². The summed E-state index contributed by atoms with van der Waals surface area (Å²) in [5.74, 6) is 9.10. The number of aliphatic carboxylic acids is 1. The molecular formula is C20H18FO4-. The van der Waals surface area contributed by atoms with E-state index in [2.05, 4.69) is 23.7 Å². The summed E-state index contributed by atoms with van der Waals surface area (Å²) in [6.45, 7) is 0. The van der Waals surface area contributed by atoms with Gasteiger partial charge >= 0.3 is 0 Å². The van der Waals surface area contributed by atoms with Crippen LogP contribution >= 0.6 is 0 Å². The maximum atomic E-state index is 12.7. The van der Waals surface area contributed by atoms with Crippen LogP contribution in [-0.2, 0) is 4.79 Å². The number of carbonyl (C=O) groups is 1. The van der Waals surface area contributed by atoms with Crippen molar-refractivity contribution in [3.8, 4) is 23.7 Å². The predicted octanol–water partition coefficient (Wildman–Crippen LogP) is 0.935. The van der Waals surface area contributed by atoms with Gasteiger partial charge in [0.1, 0.15) is 11.9 Å². The molecule has 0 amide bonds. The quantitative estimate of drug-likeness (QED) is 0.596. The van der Waals surface area contributed by atoms with Crippen molar-refractivity contribution in [2.45, 2.75) is 31.5 Å². The lowest BCUT2D eigenvalue weighted by molar-refractivity contribution is -0.306. The third-order valence-corrected chi connectivity index (χ3v) is 2.88. The molecule has 0 aliphatic heterocycles. The standard InChI is InChI=1S/C20H19FO4/c21-17-12-10-16(11-13-17)6-5-9-18(22)7-3-1-2-4-8-19(23)14-15-20(24)25/h1-3,7,10-13,18-19,22-23H,9,14-15H2,(H,24,25)/p-1/b2-1+,7-3+/t18-,19+/m0/s1. The molecule has 25 heavy (non-hydrogen) atoms. The number of benzene rings is 1. The molecule has 0 aliphatic rings. The van der Waals surface area contributed by atoms with Gasteiger partial charge in [-0.15, -0.1) is 0 Å². The van der Waals surface area contributed by atoms with Crippen molar-refractivity contribution in [1.29, 1.82) is 0 Å². The summed E-state index contributed by atoms with van der Waals surface area (Å²) in [4.78, 5) is 10.2. The Morgan fingerprint density at radius 2 is 1.96 bits per heavy atom. The van der Waals surface area contributed by atoms with E-state index < -0.39 is 18.2 Å². The lowest BCUT2D eigenvalue weighted by Crippen LogP contribution is -2.23. The van der Waals surface area contributed by atoms with Gasteiger partial charge in [0.2, 0.25) is 0 Å². The zero-order chi connectivity index (χ0) is 18.5. The molecule has 1 aromatic rings. The maximum absolute atomic E-state index is 12.7. The zero-order valence-corrected chi connectivity index (χ0v) is 13.5. The molecule has 0 fully saturated rings. The molecule has 1 aromatic carbocycles. The number of halogens is 1. The van der Waals surface area contributed by atoms with Crippen LogP contribution in [0.1, 0.15) is 24.8 Å². The number of hydrogen-bond acceptors (Lipinski definition) is 4. The molecule has 5 heteroatoms. The first kappa shape index (κ1) is 20.2. The van der Waals surface area contributed by atoms with Gasteiger partial charge in [-0.25, -0.2) is 4.39 Å². The lowest BCUT2D eigenvalue weighted by Gasteiger charge is -2.02. The van der Waals surface area contributed by atoms with Crippen molar-refractivity contribution in [2.24, 2.45) is 0 Å². The average molecular weight is 341 g/mol. The molecule has 2 N–H and O–H groups in total. The molecule has 4 nitrogen and oxygen atoms in total. The molecule has 130 valence electrons. The predicted molar refractivity (Wildman–Crippen MR) is 90.2 cm³/mol. The van der Waals surface area contributed by atoms with Crippen LogP contribution in [0.2, 0.25) is 0 Å². The van der Waals surface area contributed by atoms with E-state index in [0.29, 0.717) is 5.56 Å². The van der Waals surface area contributed by atoms with Crippen molar-refractivity contribution < 1.29 is 24.5 Å². The first-order valence-electron chi connectivity index (χ1n) is 7.62. The highest BCUT2D eigenvalue weighted by Gasteiger charge is 1.97. The van der Waals surface area contributed by atoms with Crippen molar-refractivity contribution in [3.05, 3.63) is 60.0 Å². The number of carboxylic acids is 1. The van der Waals surface area contributed by atoms with Crippen molar-refractivity contribution in [2.75, 3.05) is 0 Å². The monoisotopic (exact) mass is 341 g/mol. The van der Waals surface area contributed by atoms with E-state index in [1.165, 1.54) is 24.3 Å². The largest absolute Gasteiger partial charge is 0.550 e. The number of aliphatic hydroxyl groups is 2. The minimum Gasteiger partial charge on any atom is -0.550 e. The van der Waals surface area contributed by atoms with E-state index in [1.54, 1.807) is 24.3 Å². The molecule has 0 aromatic heterocycles. The van der Waals surface area contributed by atoms with Gasteiger partial charge in [0.25, 0.3) is 0 Å². The Hall–Kier alpha value is -2.86. The highest BCUT2D eigenvalue weighted by molar-refractivity contribution is 5.64. The van der Waals surface area contributed by atoms with E-state index in [-0.39, 0.29) is 25.1 Å². The number of hydrogen-bond donors (Lipinski definition) is 2. The smallest absolute Gasteiger partial charge is 0.123 e. The van der Waals surface area contributed by atoms with Gasteiger partial charge in [-0.05, 0) is 43.2 Å². The van der Waals surface area contributed by atoms with E-state index in [4.69, 9.17) is 0 Å². The van der Waals surface area contributed by atoms with Crippen LogP contribution in [0.5, 0.6) is 0 Å². The summed E-state index contributed by atoms with van der Waals surface area (Å²) in [5.41, 5.74) is 0.671. The molecular weight excluding hydrogens is 323 g/mol. The van der Waals surface area contributed by atoms with Crippen LogP contribution in [0, 0.1) is 29.5 Å². The summed E-state index contributed by atoms with van der Waals surface area (Å²) in [7, 11) is 0. The molecule has 2 atom stereocenters. The minimum atomic E-state index is -1.23. The van der Waals surface area contributed by atoms with Gasteiger partial charge in [-0.2, -0.15) is 0 Å². The molecule has 0 saturated carbocycles. The fourth-order valence-corrected chi connectivity index (χ4v) is 1.63. The fourth-order valence-electron chi connectivity index (χ4n) is 1.63. The Morgan fingerprint density at radius 1 is 1.24 bits per heavy atom. The third kappa shape index (κ3) is 10.5. The molecule has 0 aliphatic carbocycles. The second-order valence-electron chi connectivity index (χ2n) is 5.04. The van der Waals surface area contributed by atoms with Crippen LogP contribution in [0.25, 0.3) is 0 Å². The zero-order valence-electron chi connectivity index (χ0n) is 13.5. The lowest BCUT2D eigenvalue weighted by atomic mass is 10.2. The minimum absolute atomic E-state index is 0.0183. The summed E-state index contributed by atoms with van der Waals surface area (Å²) in [5, 5.41) is 29.3. The highest BCUT2D eigenvalue weighted by atomic mass is 19.1. The Morgan fingerprint density at radius 3 is 2.64 bits per heavy atom. The Balaban J connectivity index is 2.34. The number of rotatable bonds is 6. The Labute approximate surface area is 146 Å². The second kappa shape index (κ2) is 11.6. The van der Waals surface area contributed by atoms with Gasteiger partial charge < -0.3 is 20.1 Å². The number of allylic oxidation sites excluding steroid dienone is 3. The van der Waals surface area contributed by atoms with Crippen LogP contribution in [-0.4, -0.2) is 28.4 Å². The Bertz CT molecular complexity index is 727. The molecule has 0 heterocycles. The molecule has 1 rings (SSSR count). The summed E-state index contributed by atoms with van der Waals surface area (Å²) < 4.78 is 12.7. The normalized spacial score (nSPS) is 12.9. The van der Waals surface area contributed by atoms with Gasteiger partial charge in [-0.3, -0.25) is 0 Å². The molecule has 0 saturated heterocycles. The fraction of sp³-hybridized carbons (Fsp3) is 0.250. The molecule has 0 spiro atoms. The summed E-state index contributed by atoms with van der Waals surface area (Å²) >= 11 is 0. The van der Waals surface area contributed by atoms with Crippen molar-refractivity contribution >= 4 is 5.97 Å². The van der Waals surface area contributed by atoms with E-state index in [1.807, 2.05) is 0 Å². The van der Waals surface area contributed by atoms with Gasteiger partial charge in [-0.1, -0.05) is 41.9 Å². The average Bonchev–Trinajstić information content (AvgIpc) is 2.58.